The molecule has 0 aliphatic heterocycles. The molecule has 4 heteroatoms. The first-order valence-corrected chi connectivity index (χ1v) is 2.61. The van der Waals surface area contributed by atoms with Gasteiger partial charge in [0.1, 0.15) is 6.61 Å². The van der Waals surface area contributed by atoms with Gasteiger partial charge in [-0.25, -0.2) is 4.79 Å². The van der Waals surface area contributed by atoms with Crippen molar-refractivity contribution < 1.29 is 14.3 Å². The summed E-state index contributed by atoms with van der Waals surface area (Å²) in [6, 6.07) is 0. The van der Waals surface area contributed by atoms with Gasteiger partial charge < -0.3 is 9.47 Å². The summed E-state index contributed by atoms with van der Waals surface area (Å²) in [5.74, 6) is 0.301. The van der Waals surface area contributed by atoms with Crippen LogP contribution in [-0.2, 0) is 9.47 Å². The van der Waals surface area contributed by atoms with Gasteiger partial charge in [-0.15, -0.1) is 11.6 Å². The van der Waals surface area contributed by atoms with E-state index in [0.29, 0.717) is 5.88 Å². The fourth-order valence-electron chi connectivity index (χ4n) is 0.181. The number of hydrogen-bond acceptors (Lipinski definition) is 3. The molecular formula is C4H7ClO3. The third kappa shape index (κ3) is 3.74. The highest BCUT2D eigenvalue weighted by atomic mass is 35.5. The molecular weight excluding hydrogens is 131 g/mol. The lowest BCUT2D eigenvalue weighted by Gasteiger charge is -1.96. The molecule has 0 aromatic carbocycles. The number of ether oxygens (including phenoxy) is 2. The van der Waals surface area contributed by atoms with Crippen molar-refractivity contribution in [3.05, 3.63) is 0 Å². The number of carbonyl (C=O) groups excluding carboxylic acids is 1. The molecule has 0 atom stereocenters. The van der Waals surface area contributed by atoms with Crippen LogP contribution in [0.3, 0.4) is 0 Å². The summed E-state index contributed by atoms with van der Waals surface area (Å²) in [6.07, 6.45) is -0.689. The average molecular weight is 139 g/mol. The van der Waals surface area contributed by atoms with Gasteiger partial charge in [0.2, 0.25) is 0 Å². The standard InChI is InChI=1S/C4H7ClO3/c1-7-4(6)8-3-2-5/h2-3H2,1H3. The third-order valence-electron chi connectivity index (χ3n) is 0.464. The van der Waals surface area contributed by atoms with E-state index < -0.39 is 6.16 Å². The molecule has 0 fully saturated rings. The van der Waals surface area contributed by atoms with Gasteiger partial charge in [-0.1, -0.05) is 0 Å². The second kappa shape index (κ2) is 4.71. The van der Waals surface area contributed by atoms with Crippen molar-refractivity contribution in [3.63, 3.8) is 0 Å². The van der Waals surface area contributed by atoms with Crippen molar-refractivity contribution in [2.75, 3.05) is 19.6 Å². The van der Waals surface area contributed by atoms with E-state index in [1.54, 1.807) is 0 Å². The summed E-state index contributed by atoms with van der Waals surface area (Å²) in [5.41, 5.74) is 0. The van der Waals surface area contributed by atoms with Crippen LogP contribution in [0.4, 0.5) is 4.79 Å². The molecule has 0 aliphatic carbocycles. The Hall–Kier alpha value is -0.440. The zero-order valence-electron chi connectivity index (χ0n) is 4.52. The monoisotopic (exact) mass is 138 g/mol. The van der Waals surface area contributed by atoms with Crippen LogP contribution in [0.25, 0.3) is 0 Å². The SMILES string of the molecule is COC(=O)OCCCl. The molecule has 0 saturated heterocycles. The zero-order valence-corrected chi connectivity index (χ0v) is 5.27. The Morgan fingerprint density at radius 2 is 2.38 bits per heavy atom. The molecule has 0 N–H and O–H groups in total. The van der Waals surface area contributed by atoms with Gasteiger partial charge in [-0.05, 0) is 0 Å². The Morgan fingerprint density at radius 3 is 2.75 bits per heavy atom. The largest absolute Gasteiger partial charge is 0.508 e. The maximum atomic E-state index is 10.1. The van der Waals surface area contributed by atoms with Gasteiger partial charge in [0, 0.05) is 0 Å². The highest BCUT2D eigenvalue weighted by Crippen LogP contribution is 1.82. The van der Waals surface area contributed by atoms with Crippen molar-refractivity contribution in [1.82, 2.24) is 0 Å². The third-order valence-corrected chi connectivity index (χ3v) is 0.618. The van der Waals surface area contributed by atoms with Crippen LogP contribution in [0, 0.1) is 0 Å². The first-order valence-electron chi connectivity index (χ1n) is 2.08. The van der Waals surface area contributed by atoms with Crippen LogP contribution in [0.15, 0.2) is 0 Å². The number of alkyl halides is 1. The second-order valence-corrected chi connectivity index (χ2v) is 1.37. The van der Waals surface area contributed by atoms with E-state index in [-0.39, 0.29) is 6.61 Å². The van der Waals surface area contributed by atoms with Crippen molar-refractivity contribution in [2.45, 2.75) is 0 Å². The van der Waals surface area contributed by atoms with E-state index in [4.69, 9.17) is 11.6 Å². The summed E-state index contributed by atoms with van der Waals surface area (Å²) < 4.78 is 8.48. The molecule has 0 spiro atoms. The predicted octanol–water partition coefficient (Wildman–Crippen LogP) is 1.01. The minimum absolute atomic E-state index is 0.203. The molecule has 0 radical (unpaired) electrons. The van der Waals surface area contributed by atoms with Crippen LogP contribution in [0.1, 0.15) is 0 Å². The van der Waals surface area contributed by atoms with E-state index in [0.717, 1.165) is 0 Å². The van der Waals surface area contributed by atoms with Crippen LogP contribution < -0.4 is 0 Å². The molecule has 0 unspecified atom stereocenters. The second-order valence-electron chi connectivity index (χ2n) is 0.992. The molecule has 0 amide bonds. The zero-order chi connectivity index (χ0) is 6.41. The Kier molecular flexibility index (Phi) is 4.45. The number of carbonyl (C=O) groups is 1. The van der Waals surface area contributed by atoms with E-state index in [1.807, 2.05) is 0 Å². The maximum absolute atomic E-state index is 10.1. The quantitative estimate of drug-likeness (QED) is 0.422. The highest BCUT2D eigenvalue weighted by molar-refractivity contribution is 6.18. The first kappa shape index (κ1) is 7.56. The number of methoxy groups -OCH3 is 1. The number of rotatable bonds is 2. The smallest absolute Gasteiger partial charge is 0.438 e. The molecule has 0 saturated carbocycles. The first-order chi connectivity index (χ1) is 3.81. The lowest BCUT2D eigenvalue weighted by molar-refractivity contribution is 0.0777. The van der Waals surface area contributed by atoms with Gasteiger partial charge in [-0.2, -0.15) is 0 Å². The fourth-order valence-corrected chi connectivity index (χ4v) is 0.258. The molecule has 0 aromatic heterocycles. The molecule has 3 nitrogen and oxygen atoms in total. The van der Waals surface area contributed by atoms with Crippen LogP contribution in [0.5, 0.6) is 0 Å². The van der Waals surface area contributed by atoms with Crippen LogP contribution in [-0.4, -0.2) is 25.8 Å². The highest BCUT2D eigenvalue weighted by Gasteiger charge is 1.95. The van der Waals surface area contributed by atoms with Crippen LogP contribution in [0.2, 0.25) is 0 Å². The van der Waals surface area contributed by atoms with E-state index in [2.05, 4.69) is 9.47 Å². The van der Waals surface area contributed by atoms with Gasteiger partial charge in [0.15, 0.2) is 0 Å². The summed E-state index contributed by atoms with van der Waals surface area (Å²) >= 11 is 5.17. The Labute approximate surface area is 52.5 Å². The predicted molar refractivity (Wildman–Crippen MR) is 29.1 cm³/mol. The van der Waals surface area contributed by atoms with E-state index >= 15 is 0 Å². The number of hydrogen-bond donors (Lipinski definition) is 0. The molecule has 0 aromatic rings. The molecule has 48 valence electrons. The van der Waals surface area contributed by atoms with Crippen molar-refractivity contribution in [1.29, 1.82) is 0 Å². The van der Waals surface area contributed by atoms with Gasteiger partial charge in [0.05, 0.1) is 13.0 Å². The minimum Gasteiger partial charge on any atom is -0.438 e. The van der Waals surface area contributed by atoms with Crippen LogP contribution >= 0.6 is 11.6 Å². The summed E-state index contributed by atoms with van der Waals surface area (Å²) in [6.45, 7) is 0.203. The lowest BCUT2D eigenvalue weighted by atomic mass is 10.9. The van der Waals surface area contributed by atoms with E-state index in [9.17, 15) is 4.79 Å². The average Bonchev–Trinajstić information content (AvgIpc) is 1.83. The Morgan fingerprint density at radius 1 is 1.75 bits per heavy atom. The molecule has 0 aliphatic rings. The van der Waals surface area contributed by atoms with Crippen molar-refractivity contribution in [3.8, 4) is 0 Å². The Balaban J connectivity index is 2.99. The van der Waals surface area contributed by atoms with Gasteiger partial charge in [0.25, 0.3) is 0 Å². The minimum atomic E-state index is -0.689. The fraction of sp³-hybridized carbons (Fsp3) is 0.750. The summed E-state index contributed by atoms with van der Waals surface area (Å²) in [5, 5.41) is 0. The molecule has 0 bridgehead atoms. The van der Waals surface area contributed by atoms with Crippen molar-refractivity contribution in [2.24, 2.45) is 0 Å². The maximum Gasteiger partial charge on any atom is 0.508 e. The topological polar surface area (TPSA) is 35.5 Å². The molecule has 0 heterocycles. The molecule has 8 heavy (non-hydrogen) atoms. The molecule has 0 rings (SSSR count). The van der Waals surface area contributed by atoms with Gasteiger partial charge in [-0.3, -0.25) is 0 Å². The van der Waals surface area contributed by atoms with Gasteiger partial charge >= 0.3 is 6.16 Å². The van der Waals surface area contributed by atoms with Crippen molar-refractivity contribution >= 4 is 17.8 Å². The van der Waals surface area contributed by atoms with E-state index in [1.165, 1.54) is 7.11 Å². The number of halogens is 1. The Bertz CT molecular complexity index is 73.7. The summed E-state index contributed by atoms with van der Waals surface area (Å²) in [4.78, 5) is 10.1. The summed E-state index contributed by atoms with van der Waals surface area (Å²) in [7, 11) is 1.25. The normalized spacial score (nSPS) is 8.25. The lowest BCUT2D eigenvalue weighted by Crippen LogP contribution is -2.05.